The minimum absolute atomic E-state index is 0.288. The van der Waals surface area contributed by atoms with Crippen molar-refractivity contribution in [1.29, 1.82) is 0 Å². The molecular formula is C17H21FN4O. The number of hydrogen-bond donors (Lipinski definition) is 1. The summed E-state index contributed by atoms with van der Waals surface area (Å²) in [6, 6.07) is 7.18. The highest BCUT2D eigenvalue weighted by molar-refractivity contribution is 6.02. The molecule has 0 spiro atoms. The summed E-state index contributed by atoms with van der Waals surface area (Å²) < 4.78 is 12.9. The normalized spacial score (nSPS) is 10.4. The summed E-state index contributed by atoms with van der Waals surface area (Å²) in [4.78, 5) is 23.0. The molecule has 23 heavy (non-hydrogen) atoms. The van der Waals surface area contributed by atoms with Crippen LogP contribution in [-0.2, 0) is 0 Å². The molecule has 122 valence electrons. The summed E-state index contributed by atoms with van der Waals surface area (Å²) in [7, 11) is 0. The zero-order valence-corrected chi connectivity index (χ0v) is 13.4. The van der Waals surface area contributed by atoms with Gasteiger partial charge in [-0.1, -0.05) is 13.8 Å². The summed E-state index contributed by atoms with van der Waals surface area (Å²) in [5.74, 6) is -0.129. The number of rotatable bonds is 7. The van der Waals surface area contributed by atoms with Crippen LogP contribution >= 0.6 is 0 Å². The van der Waals surface area contributed by atoms with Gasteiger partial charge in [-0.3, -0.25) is 4.79 Å². The topological polar surface area (TPSA) is 58.1 Å². The predicted molar refractivity (Wildman–Crippen MR) is 89.2 cm³/mol. The predicted octanol–water partition coefficient (Wildman–Crippen LogP) is 3.49. The molecule has 0 atom stereocenters. The number of aromatic nitrogens is 2. The monoisotopic (exact) mass is 316 g/mol. The first-order valence-electron chi connectivity index (χ1n) is 7.79. The van der Waals surface area contributed by atoms with E-state index < -0.39 is 0 Å². The van der Waals surface area contributed by atoms with Crippen molar-refractivity contribution in [3.8, 4) is 0 Å². The second-order valence-corrected chi connectivity index (χ2v) is 5.19. The van der Waals surface area contributed by atoms with Gasteiger partial charge in [0.2, 0.25) is 5.95 Å². The van der Waals surface area contributed by atoms with Gasteiger partial charge in [0.15, 0.2) is 0 Å². The molecule has 5 nitrogen and oxygen atoms in total. The number of carbonyl (C=O) groups is 1. The van der Waals surface area contributed by atoms with Gasteiger partial charge in [0.25, 0.3) is 5.91 Å². The summed E-state index contributed by atoms with van der Waals surface area (Å²) in [6.45, 7) is 5.87. The van der Waals surface area contributed by atoms with Crippen LogP contribution in [0, 0.1) is 5.82 Å². The van der Waals surface area contributed by atoms with Gasteiger partial charge < -0.3 is 10.2 Å². The zero-order valence-electron chi connectivity index (χ0n) is 13.4. The van der Waals surface area contributed by atoms with Crippen molar-refractivity contribution in [3.63, 3.8) is 0 Å². The third kappa shape index (κ3) is 4.74. The van der Waals surface area contributed by atoms with Crippen molar-refractivity contribution in [2.75, 3.05) is 23.3 Å². The Kier molecular flexibility index (Phi) is 6.02. The fourth-order valence-electron chi connectivity index (χ4n) is 2.21. The molecule has 1 aromatic carbocycles. The molecule has 0 unspecified atom stereocenters. The van der Waals surface area contributed by atoms with Crippen molar-refractivity contribution >= 4 is 17.5 Å². The maximum absolute atomic E-state index is 12.9. The fraction of sp³-hybridized carbons (Fsp3) is 0.353. The van der Waals surface area contributed by atoms with Crippen LogP contribution in [0.2, 0.25) is 0 Å². The first-order valence-corrected chi connectivity index (χ1v) is 7.79. The van der Waals surface area contributed by atoms with Crippen LogP contribution in [0.25, 0.3) is 0 Å². The summed E-state index contributed by atoms with van der Waals surface area (Å²) in [5, 5.41) is 2.70. The summed E-state index contributed by atoms with van der Waals surface area (Å²) in [6.07, 6.45) is 3.55. The first kappa shape index (κ1) is 16.9. The van der Waals surface area contributed by atoms with E-state index in [1.165, 1.54) is 24.3 Å². The lowest BCUT2D eigenvalue weighted by Gasteiger charge is -2.21. The minimum atomic E-state index is -0.345. The third-order valence-corrected chi connectivity index (χ3v) is 3.25. The van der Waals surface area contributed by atoms with Crippen molar-refractivity contribution in [2.24, 2.45) is 0 Å². The molecule has 0 aliphatic carbocycles. The lowest BCUT2D eigenvalue weighted by Crippen LogP contribution is -2.27. The molecule has 1 heterocycles. The molecule has 0 bridgehead atoms. The molecule has 0 radical (unpaired) electrons. The van der Waals surface area contributed by atoms with Crippen molar-refractivity contribution < 1.29 is 9.18 Å². The molecule has 1 amide bonds. The highest BCUT2D eigenvalue weighted by Crippen LogP contribution is 2.12. The first-order chi connectivity index (χ1) is 11.1. The molecule has 1 aromatic heterocycles. The molecule has 0 saturated carbocycles. The number of amides is 1. The lowest BCUT2D eigenvalue weighted by atomic mass is 10.3. The van der Waals surface area contributed by atoms with Gasteiger partial charge in [-0.25, -0.2) is 14.4 Å². The van der Waals surface area contributed by atoms with E-state index in [1.807, 2.05) is 0 Å². The average molecular weight is 316 g/mol. The average Bonchev–Trinajstić information content (AvgIpc) is 2.57. The van der Waals surface area contributed by atoms with Crippen LogP contribution in [0.4, 0.5) is 16.0 Å². The standard InChI is InChI=1S/C17H21FN4O/c1-3-11-22(12-4-2)17-19-10-9-15(21-17)16(23)20-14-7-5-13(18)6-8-14/h5-10H,3-4,11-12H2,1-2H3,(H,20,23). The van der Waals surface area contributed by atoms with Gasteiger partial charge in [-0.05, 0) is 43.2 Å². The van der Waals surface area contributed by atoms with E-state index in [-0.39, 0.29) is 17.4 Å². The number of nitrogens with one attached hydrogen (secondary N) is 1. The van der Waals surface area contributed by atoms with E-state index in [4.69, 9.17) is 0 Å². The van der Waals surface area contributed by atoms with Gasteiger partial charge in [0.1, 0.15) is 11.5 Å². The molecule has 1 N–H and O–H groups in total. The Morgan fingerprint density at radius 3 is 2.39 bits per heavy atom. The van der Waals surface area contributed by atoms with Gasteiger partial charge >= 0.3 is 0 Å². The van der Waals surface area contributed by atoms with Crippen LogP contribution < -0.4 is 10.2 Å². The Balaban J connectivity index is 2.14. The molecule has 6 heteroatoms. The number of benzene rings is 1. The van der Waals surface area contributed by atoms with Crippen molar-refractivity contribution in [2.45, 2.75) is 26.7 Å². The number of hydrogen-bond acceptors (Lipinski definition) is 4. The van der Waals surface area contributed by atoms with E-state index in [1.54, 1.807) is 12.3 Å². The molecular weight excluding hydrogens is 295 g/mol. The van der Waals surface area contributed by atoms with Crippen LogP contribution in [0.1, 0.15) is 37.2 Å². The summed E-state index contributed by atoms with van der Waals surface area (Å²) >= 11 is 0. The van der Waals surface area contributed by atoms with Gasteiger partial charge in [0.05, 0.1) is 0 Å². The molecule has 0 saturated heterocycles. The Bertz CT molecular complexity index is 639. The second kappa shape index (κ2) is 8.22. The van der Waals surface area contributed by atoms with Crippen LogP contribution in [0.3, 0.4) is 0 Å². The van der Waals surface area contributed by atoms with E-state index in [2.05, 4.69) is 34.0 Å². The second-order valence-electron chi connectivity index (χ2n) is 5.19. The highest BCUT2D eigenvalue weighted by Gasteiger charge is 2.13. The largest absolute Gasteiger partial charge is 0.341 e. The quantitative estimate of drug-likeness (QED) is 0.849. The molecule has 0 aliphatic rings. The Morgan fingerprint density at radius 2 is 1.78 bits per heavy atom. The van der Waals surface area contributed by atoms with Gasteiger partial charge in [0, 0.05) is 25.0 Å². The fourth-order valence-corrected chi connectivity index (χ4v) is 2.21. The molecule has 2 aromatic rings. The zero-order chi connectivity index (χ0) is 16.7. The van der Waals surface area contributed by atoms with Crippen molar-refractivity contribution in [3.05, 3.63) is 48.0 Å². The Hall–Kier alpha value is -2.50. The van der Waals surface area contributed by atoms with E-state index in [0.717, 1.165) is 25.9 Å². The SMILES string of the molecule is CCCN(CCC)c1nccc(C(=O)Nc2ccc(F)cc2)n1. The number of anilines is 2. The lowest BCUT2D eigenvalue weighted by molar-refractivity contribution is 0.102. The van der Waals surface area contributed by atoms with Crippen molar-refractivity contribution in [1.82, 2.24) is 9.97 Å². The van der Waals surface area contributed by atoms with Crippen LogP contribution in [0.15, 0.2) is 36.5 Å². The summed E-state index contributed by atoms with van der Waals surface area (Å²) in [5.41, 5.74) is 0.812. The molecule has 0 fully saturated rings. The maximum atomic E-state index is 12.9. The highest BCUT2D eigenvalue weighted by atomic mass is 19.1. The molecule has 2 rings (SSSR count). The van der Waals surface area contributed by atoms with E-state index in [9.17, 15) is 9.18 Å². The van der Waals surface area contributed by atoms with Gasteiger partial charge in [-0.2, -0.15) is 0 Å². The number of nitrogens with zero attached hydrogens (tertiary/aromatic N) is 3. The smallest absolute Gasteiger partial charge is 0.274 e. The minimum Gasteiger partial charge on any atom is -0.341 e. The number of halogens is 1. The van der Waals surface area contributed by atoms with E-state index >= 15 is 0 Å². The van der Waals surface area contributed by atoms with Gasteiger partial charge in [-0.15, -0.1) is 0 Å². The maximum Gasteiger partial charge on any atom is 0.274 e. The molecule has 0 aliphatic heterocycles. The Morgan fingerprint density at radius 1 is 1.13 bits per heavy atom. The van der Waals surface area contributed by atoms with E-state index in [0.29, 0.717) is 11.6 Å². The van der Waals surface area contributed by atoms with Crippen LogP contribution in [0.5, 0.6) is 0 Å². The Labute approximate surface area is 135 Å². The van der Waals surface area contributed by atoms with Crippen LogP contribution in [-0.4, -0.2) is 29.0 Å². The third-order valence-electron chi connectivity index (χ3n) is 3.25. The number of carbonyl (C=O) groups excluding carboxylic acids is 1.